The van der Waals surface area contributed by atoms with Crippen molar-refractivity contribution in [1.29, 1.82) is 0 Å². The van der Waals surface area contributed by atoms with Gasteiger partial charge in [0.05, 0.1) is 22.4 Å². The summed E-state index contributed by atoms with van der Waals surface area (Å²) in [5.41, 5.74) is 5.82. The van der Waals surface area contributed by atoms with Crippen LogP contribution in [0, 0.1) is 13.8 Å². The van der Waals surface area contributed by atoms with Crippen molar-refractivity contribution in [2.45, 2.75) is 52.2 Å². The molecule has 9 heteroatoms. The maximum absolute atomic E-state index is 13.9. The number of aryl methyl sites for hydroxylation is 2. The van der Waals surface area contributed by atoms with Crippen molar-refractivity contribution in [1.82, 2.24) is 19.6 Å². The minimum absolute atomic E-state index is 0.0142. The summed E-state index contributed by atoms with van der Waals surface area (Å²) in [6.07, 6.45) is 0. The number of anilines is 1. The van der Waals surface area contributed by atoms with Crippen molar-refractivity contribution >= 4 is 35.3 Å². The summed E-state index contributed by atoms with van der Waals surface area (Å²) in [4.78, 5) is 44.6. The van der Waals surface area contributed by atoms with Gasteiger partial charge in [0.1, 0.15) is 12.4 Å². The molecule has 0 radical (unpaired) electrons. The van der Waals surface area contributed by atoms with E-state index in [1.54, 1.807) is 33.4 Å². The lowest BCUT2D eigenvalue weighted by molar-refractivity contribution is -0.137. The van der Waals surface area contributed by atoms with Gasteiger partial charge in [0.15, 0.2) is 0 Å². The molecule has 3 amide bonds. The Bertz CT molecular complexity index is 1470. The highest BCUT2D eigenvalue weighted by Gasteiger charge is 2.40. The van der Waals surface area contributed by atoms with Crippen LogP contribution in [-0.2, 0) is 19.8 Å². The van der Waals surface area contributed by atoms with E-state index in [4.69, 9.17) is 5.10 Å². The lowest BCUT2D eigenvalue weighted by Gasteiger charge is -2.35. The molecule has 0 saturated carbocycles. The third-order valence-electron chi connectivity index (χ3n) is 7.79. The largest absolute Gasteiger partial charge is 0.339 e. The lowest BCUT2D eigenvalue weighted by Crippen LogP contribution is -2.53. The van der Waals surface area contributed by atoms with E-state index in [2.05, 4.69) is 52.0 Å². The molecule has 41 heavy (non-hydrogen) atoms. The first-order chi connectivity index (χ1) is 19.4. The van der Waals surface area contributed by atoms with Gasteiger partial charge in [-0.2, -0.15) is 5.10 Å². The summed E-state index contributed by atoms with van der Waals surface area (Å²) in [6, 6.07) is 16.5. The fourth-order valence-electron chi connectivity index (χ4n) is 5.54. The summed E-state index contributed by atoms with van der Waals surface area (Å²) in [5.74, 6) is 0.684. The molecular formula is C32H39N5O3S. The molecule has 1 unspecified atom stereocenters. The number of benzene rings is 2. The summed E-state index contributed by atoms with van der Waals surface area (Å²) in [5, 5.41) is 5.05. The third kappa shape index (κ3) is 5.91. The maximum Gasteiger partial charge on any atom is 0.242 e. The van der Waals surface area contributed by atoms with Crippen LogP contribution in [0.15, 0.2) is 48.5 Å². The average Bonchev–Trinajstić information content (AvgIpc) is 3.26. The predicted octanol–water partition coefficient (Wildman–Crippen LogP) is 4.65. The van der Waals surface area contributed by atoms with Crippen molar-refractivity contribution in [3.05, 3.63) is 76.5 Å². The van der Waals surface area contributed by atoms with Crippen LogP contribution in [0.1, 0.15) is 60.9 Å². The molecule has 1 atom stereocenters. The molecule has 2 aromatic carbocycles. The molecule has 1 saturated heterocycles. The molecule has 3 aromatic rings. The fourth-order valence-corrected chi connectivity index (χ4v) is 6.73. The van der Waals surface area contributed by atoms with Gasteiger partial charge in [-0.1, -0.05) is 68.3 Å². The standard InChI is InChI=1S/C32H39N5O3S/c1-21-10-12-25(13-11-21)37-31-28(30(33-37)32(4,5)6)29(24-9-7-8-22(2)18-24)41-20-27(40)36(31)19-26(39)35-16-14-34(15-17-35)23(3)38/h7-13,18,29H,14-17,19-20H2,1-6H3. The molecule has 0 N–H and O–H groups in total. The van der Waals surface area contributed by atoms with Gasteiger partial charge in [-0.15, -0.1) is 11.8 Å². The van der Waals surface area contributed by atoms with Crippen LogP contribution in [0.5, 0.6) is 0 Å². The Morgan fingerprint density at radius 2 is 1.61 bits per heavy atom. The maximum atomic E-state index is 13.9. The normalized spacial score (nSPS) is 17.9. The number of carbonyl (C=O) groups is 3. The van der Waals surface area contributed by atoms with Gasteiger partial charge in [-0.05, 0) is 31.5 Å². The predicted molar refractivity (Wildman–Crippen MR) is 164 cm³/mol. The van der Waals surface area contributed by atoms with Gasteiger partial charge in [0.25, 0.3) is 0 Å². The monoisotopic (exact) mass is 573 g/mol. The second-order valence-electron chi connectivity index (χ2n) is 12.1. The first-order valence-corrected chi connectivity index (χ1v) is 15.2. The summed E-state index contributed by atoms with van der Waals surface area (Å²) < 4.78 is 1.86. The smallest absolute Gasteiger partial charge is 0.242 e. The third-order valence-corrected chi connectivity index (χ3v) is 9.05. The van der Waals surface area contributed by atoms with E-state index in [0.29, 0.717) is 32.0 Å². The van der Waals surface area contributed by atoms with Gasteiger partial charge < -0.3 is 9.80 Å². The van der Waals surface area contributed by atoms with E-state index in [-0.39, 0.29) is 40.7 Å². The first kappa shape index (κ1) is 28.9. The number of fused-ring (bicyclic) bond motifs is 1. The first-order valence-electron chi connectivity index (χ1n) is 14.2. The number of piperazine rings is 1. The molecular weight excluding hydrogens is 534 g/mol. The highest BCUT2D eigenvalue weighted by molar-refractivity contribution is 8.00. The van der Waals surface area contributed by atoms with E-state index in [0.717, 1.165) is 33.6 Å². The Morgan fingerprint density at radius 3 is 2.22 bits per heavy atom. The number of amides is 3. The van der Waals surface area contributed by atoms with E-state index in [1.807, 2.05) is 35.9 Å². The van der Waals surface area contributed by atoms with Crippen LogP contribution in [0.2, 0.25) is 0 Å². The van der Waals surface area contributed by atoms with Gasteiger partial charge in [-0.3, -0.25) is 19.3 Å². The van der Waals surface area contributed by atoms with E-state index >= 15 is 0 Å². The molecule has 2 aliphatic rings. The van der Waals surface area contributed by atoms with Crippen LogP contribution in [0.3, 0.4) is 0 Å². The van der Waals surface area contributed by atoms with Gasteiger partial charge in [0, 0.05) is 44.1 Å². The molecule has 8 nitrogen and oxygen atoms in total. The minimum Gasteiger partial charge on any atom is -0.339 e. The molecule has 0 spiro atoms. The molecule has 0 aliphatic carbocycles. The van der Waals surface area contributed by atoms with E-state index < -0.39 is 0 Å². The van der Waals surface area contributed by atoms with Crippen LogP contribution < -0.4 is 4.90 Å². The number of carbonyl (C=O) groups excluding carboxylic acids is 3. The molecule has 2 aliphatic heterocycles. The van der Waals surface area contributed by atoms with Crippen LogP contribution in [-0.4, -0.2) is 75.8 Å². The zero-order valence-corrected chi connectivity index (χ0v) is 25.6. The Labute approximate surface area is 246 Å². The number of nitrogens with zero attached hydrogens (tertiary/aromatic N) is 5. The number of thioether (sulfide) groups is 1. The number of hydrogen-bond donors (Lipinski definition) is 0. The summed E-state index contributed by atoms with van der Waals surface area (Å²) in [6.45, 7) is 13.9. The molecule has 0 bridgehead atoms. The SMILES string of the molecule is CC(=O)N1CCN(C(=O)CN2C(=O)CSC(c3cccc(C)c3)c3c(C(C)(C)C)nn(-c4ccc(C)cc4)c32)CC1. The van der Waals surface area contributed by atoms with Gasteiger partial charge >= 0.3 is 0 Å². The van der Waals surface area contributed by atoms with Crippen molar-refractivity contribution in [2.75, 3.05) is 43.4 Å². The molecule has 1 fully saturated rings. The number of aromatic nitrogens is 2. The summed E-state index contributed by atoms with van der Waals surface area (Å²) >= 11 is 1.59. The zero-order valence-electron chi connectivity index (χ0n) is 24.8. The van der Waals surface area contributed by atoms with Crippen LogP contribution >= 0.6 is 11.8 Å². The highest BCUT2D eigenvalue weighted by Crippen LogP contribution is 2.48. The molecule has 216 valence electrons. The Morgan fingerprint density at radius 1 is 0.951 bits per heavy atom. The van der Waals surface area contributed by atoms with Gasteiger partial charge in [-0.25, -0.2) is 4.68 Å². The van der Waals surface area contributed by atoms with E-state index in [9.17, 15) is 14.4 Å². The van der Waals surface area contributed by atoms with Crippen LogP contribution in [0.25, 0.3) is 5.69 Å². The number of hydrogen-bond acceptors (Lipinski definition) is 5. The second kappa shape index (κ2) is 11.4. The summed E-state index contributed by atoms with van der Waals surface area (Å²) in [7, 11) is 0. The lowest BCUT2D eigenvalue weighted by atomic mass is 9.87. The minimum atomic E-state index is -0.311. The van der Waals surface area contributed by atoms with Crippen molar-refractivity contribution in [3.8, 4) is 5.69 Å². The van der Waals surface area contributed by atoms with Crippen LogP contribution in [0.4, 0.5) is 5.82 Å². The quantitative estimate of drug-likeness (QED) is 0.454. The molecule has 3 heterocycles. The molecule has 1 aromatic heterocycles. The highest BCUT2D eigenvalue weighted by atomic mass is 32.2. The molecule has 5 rings (SSSR count). The Balaban J connectivity index is 1.65. The fraction of sp³-hybridized carbons (Fsp3) is 0.438. The second-order valence-corrected chi connectivity index (χ2v) is 13.1. The Kier molecular flexibility index (Phi) is 8.01. The zero-order chi connectivity index (χ0) is 29.5. The van der Waals surface area contributed by atoms with E-state index in [1.165, 1.54) is 0 Å². The van der Waals surface area contributed by atoms with Crippen molar-refractivity contribution in [2.24, 2.45) is 0 Å². The Hall–Kier alpha value is -3.59. The van der Waals surface area contributed by atoms with Crippen molar-refractivity contribution in [3.63, 3.8) is 0 Å². The average molecular weight is 574 g/mol. The van der Waals surface area contributed by atoms with Gasteiger partial charge in [0.2, 0.25) is 17.7 Å². The van der Waals surface area contributed by atoms with Crippen molar-refractivity contribution < 1.29 is 14.4 Å². The number of rotatable bonds is 4. The topological polar surface area (TPSA) is 78.8 Å².